The molecule has 1 aromatic rings. The van der Waals surface area contributed by atoms with Crippen molar-refractivity contribution >= 4 is 47.7 Å². The van der Waals surface area contributed by atoms with Gasteiger partial charge in [-0.15, -0.1) is 34.2 Å². The number of hydrogen-bond acceptors (Lipinski definition) is 6. The van der Waals surface area contributed by atoms with Crippen molar-refractivity contribution in [1.29, 1.82) is 0 Å². The molecule has 1 N–H and O–H groups in total. The SMILES string of the molecule is CCOC(=O)C1CCCN(C(=NCc2nnc(C)n2C)NCCCSC)C1.I. The fourth-order valence-electron chi connectivity index (χ4n) is 3.04. The van der Waals surface area contributed by atoms with Crippen molar-refractivity contribution in [2.45, 2.75) is 39.7 Å². The first kappa shape index (κ1) is 25.0. The number of carbonyl (C=O) groups excluding carboxylic acids is 1. The number of likely N-dealkylation sites (tertiary alicyclic amines) is 1. The molecular formula is C18H33IN6O2S. The smallest absolute Gasteiger partial charge is 0.310 e. The van der Waals surface area contributed by atoms with Gasteiger partial charge in [0.05, 0.1) is 12.5 Å². The number of aliphatic imine (C=N–C) groups is 1. The molecule has 1 aliphatic heterocycles. The maximum absolute atomic E-state index is 12.2. The molecule has 8 nitrogen and oxygen atoms in total. The number of aryl methyl sites for hydroxylation is 1. The van der Waals surface area contributed by atoms with Gasteiger partial charge < -0.3 is 19.5 Å². The third-order valence-electron chi connectivity index (χ3n) is 4.70. The van der Waals surface area contributed by atoms with Crippen LogP contribution in [0.25, 0.3) is 0 Å². The zero-order chi connectivity index (χ0) is 19.6. The number of piperidine rings is 1. The second-order valence-corrected chi connectivity index (χ2v) is 7.66. The van der Waals surface area contributed by atoms with E-state index >= 15 is 0 Å². The molecule has 0 bridgehead atoms. The Morgan fingerprint density at radius 2 is 2.21 bits per heavy atom. The summed E-state index contributed by atoms with van der Waals surface area (Å²) in [6.07, 6.45) is 5.01. The molecule has 0 saturated carbocycles. The number of esters is 1. The number of guanidine groups is 1. The Labute approximate surface area is 189 Å². The van der Waals surface area contributed by atoms with Gasteiger partial charge in [0.2, 0.25) is 0 Å². The Kier molecular flexibility index (Phi) is 11.8. The van der Waals surface area contributed by atoms with Crippen molar-refractivity contribution in [1.82, 2.24) is 25.0 Å². The predicted octanol–water partition coefficient (Wildman–Crippen LogP) is 2.22. The second kappa shape index (κ2) is 13.2. The van der Waals surface area contributed by atoms with Crippen molar-refractivity contribution in [3.05, 3.63) is 11.6 Å². The van der Waals surface area contributed by atoms with Gasteiger partial charge in [-0.25, -0.2) is 4.99 Å². The predicted molar refractivity (Wildman–Crippen MR) is 124 cm³/mol. The van der Waals surface area contributed by atoms with Crippen LogP contribution in [0, 0.1) is 12.8 Å². The first-order valence-electron chi connectivity index (χ1n) is 9.60. The van der Waals surface area contributed by atoms with Crippen LogP contribution in [0.3, 0.4) is 0 Å². The average molecular weight is 524 g/mol. The van der Waals surface area contributed by atoms with Crippen LogP contribution in [0.4, 0.5) is 0 Å². The van der Waals surface area contributed by atoms with Crippen molar-refractivity contribution < 1.29 is 9.53 Å². The van der Waals surface area contributed by atoms with E-state index in [-0.39, 0.29) is 35.9 Å². The van der Waals surface area contributed by atoms with E-state index in [0.29, 0.717) is 19.7 Å². The summed E-state index contributed by atoms with van der Waals surface area (Å²) in [5, 5.41) is 11.8. The van der Waals surface area contributed by atoms with Crippen LogP contribution < -0.4 is 5.32 Å². The summed E-state index contributed by atoms with van der Waals surface area (Å²) in [5.41, 5.74) is 0. The van der Waals surface area contributed by atoms with Crippen LogP contribution >= 0.6 is 35.7 Å². The van der Waals surface area contributed by atoms with E-state index < -0.39 is 0 Å². The molecule has 0 aromatic carbocycles. The zero-order valence-corrected chi connectivity index (χ0v) is 20.5. The number of ether oxygens (including phenoxy) is 1. The number of nitrogens with zero attached hydrogens (tertiary/aromatic N) is 5. The van der Waals surface area contributed by atoms with E-state index in [1.165, 1.54) is 0 Å². The first-order chi connectivity index (χ1) is 13.1. The third-order valence-corrected chi connectivity index (χ3v) is 5.40. The molecule has 0 radical (unpaired) electrons. The number of hydrogen-bond donors (Lipinski definition) is 1. The zero-order valence-electron chi connectivity index (χ0n) is 17.3. The summed E-state index contributed by atoms with van der Waals surface area (Å²) in [4.78, 5) is 19.1. The topological polar surface area (TPSA) is 84.6 Å². The van der Waals surface area contributed by atoms with E-state index in [0.717, 1.165) is 55.7 Å². The fourth-order valence-corrected chi connectivity index (χ4v) is 3.47. The minimum absolute atomic E-state index is 0. The van der Waals surface area contributed by atoms with Gasteiger partial charge in [0, 0.05) is 26.7 Å². The Morgan fingerprint density at radius 3 is 2.86 bits per heavy atom. The molecule has 2 rings (SSSR count). The van der Waals surface area contributed by atoms with Gasteiger partial charge >= 0.3 is 5.97 Å². The largest absolute Gasteiger partial charge is 0.466 e. The van der Waals surface area contributed by atoms with E-state index in [1.54, 1.807) is 0 Å². The van der Waals surface area contributed by atoms with Gasteiger partial charge in [0.1, 0.15) is 12.4 Å². The summed E-state index contributed by atoms with van der Waals surface area (Å²) in [7, 11) is 1.95. The Balaban J connectivity index is 0.00000392. The normalized spacial score (nSPS) is 17.2. The summed E-state index contributed by atoms with van der Waals surface area (Å²) >= 11 is 1.84. The molecule has 1 aliphatic rings. The minimum atomic E-state index is -0.104. The number of thioether (sulfide) groups is 1. The summed E-state index contributed by atoms with van der Waals surface area (Å²) in [6, 6.07) is 0. The minimum Gasteiger partial charge on any atom is -0.466 e. The van der Waals surface area contributed by atoms with Gasteiger partial charge in [-0.2, -0.15) is 11.8 Å². The van der Waals surface area contributed by atoms with E-state index in [1.807, 2.05) is 37.2 Å². The highest BCUT2D eigenvalue weighted by Crippen LogP contribution is 2.18. The first-order valence-corrected chi connectivity index (χ1v) is 11.0. The Hall–Kier alpha value is -1.04. The van der Waals surface area contributed by atoms with Crippen molar-refractivity contribution in [3.8, 4) is 0 Å². The highest BCUT2D eigenvalue weighted by Gasteiger charge is 2.28. The molecule has 10 heteroatoms. The Bertz CT molecular complexity index is 640. The van der Waals surface area contributed by atoms with E-state index in [9.17, 15) is 4.79 Å². The summed E-state index contributed by atoms with van der Waals surface area (Å²) < 4.78 is 7.17. The van der Waals surface area contributed by atoms with Crippen LogP contribution in [-0.2, 0) is 23.1 Å². The van der Waals surface area contributed by atoms with Gasteiger partial charge in [0.15, 0.2) is 11.8 Å². The molecule has 0 aliphatic carbocycles. The van der Waals surface area contributed by atoms with Crippen molar-refractivity contribution in [2.75, 3.05) is 38.2 Å². The number of carbonyl (C=O) groups is 1. The lowest BCUT2D eigenvalue weighted by atomic mass is 9.98. The Morgan fingerprint density at radius 1 is 1.43 bits per heavy atom. The average Bonchev–Trinajstić information content (AvgIpc) is 3.00. The quantitative estimate of drug-likeness (QED) is 0.184. The molecule has 2 heterocycles. The lowest BCUT2D eigenvalue weighted by Crippen LogP contribution is -2.48. The van der Waals surface area contributed by atoms with Crippen LogP contribution in [0.15, 0.2) is 4.99 Å². The van der Waals surface area contributed by atoms with Crippen molar-refractivity contribution in [2.24, 2.45) is 18.0 Å². The van der Waals surface area contributed by atoms with Gasteiger partial charge in [-0.3, -0.25) is 4.79 Å². The number of nitrogens with one attached hydrogen (secondary N) is 1. The molecular weight excluding hydrogens is 491 g/mol. The molecule has 1 aromatic heterocycles. The van der Waals surface area contributed by atoms with Crippen LogP contribution in [0.1, 0.15) is 37.8 Å². The molecule has 28 heavy (non-hydrogen) atoms. The van der Waals surface area contributed by atoms with Crippen LogP contribution in [-0.4, -0.2) is 69.8 Å². The molecule has 1 saturated heterocycles. The number of rotatable bonds is 8. The molecule has 160 valence electrons. The number of halogens is 1. The van der Waals surface area contributed by atoms with E-state index in [2.05, 4.69) is 26.7 Å². The standard InChI is InChI=1S/C18H32N6O2S.HI/c1-5-26-17(25)15-8-6-10-24(13-15)18(19-9-7-11-27-4)20-12-16-22-21-14(2)23(16)3;/h15H,5-13H2,1-4H3,(H,19,20);1H. The highest BCUT2D eigenvalue weighted by atomic mass is 127. The fraction of sp³-hybridized carbons (Fsp3) is 0.778. The maximum Gasteiger partial charge on any atom is 0.310 e. The second-order valence-electron chi connectivity index (χ2n) is 6.67. The van der Waals surface area contributed by atoms with Crippen molar-refractivity contribution in [3.63, 3.8) is 0 Å². The molecule has 1 fully saturated rings. The molecule has 1 atom stereocenters. The monoisotopic (exact) mass is 524 g/mol. The van der Waals surface area contributed by atoms with Crippen LogP contribution in [0.5, 0.6) is 0 Å². The molecule has 0 amide bonds. The van der Waals surface area contributed by atoms with Gasteiger partial charge in [-0.05, 0) is 45.1 Å². The summed E-state index contributed by atoms with van der Waals surface area (Å²) in [5.74, 6) is 3.45. The third kappa shape index (κ3) is 7.41. The molecule has 0 spiro atoms. The van der Waals surface area contributed by atoms with Crippen LogP contribution in [0.2, 0.25) is 0 Å². The lowest BCUT2D eigenvalue weighted by molar-refractivity contribution is -0.149. The van der Waals surface area contributed by atoms with Gasteiger partial charge in [-0.1, -0.05) is 0 Å². The maximum atomic E-state index is 12.2. The number of aromatic nitrogens is 3. The van der Waals surface area contributed by atoms with Gasteiger partial charge in [0.25, 0.3) is 0 Å². The lowest BCUT2D eigenvalue weighted by Gasteiger charge is -2.34. The van der Waals surface area contributed by atoms with E-state index in [4.69, 9.17) is 9.73 Å². The highest BCUT2D eigenvalue weighted by molar-refractivity contribution is 14.0. The molecule has 1 unspecified atom stereocenters. The summed E-state index contributed by atoms with van der Waals surface area (Å²) in [6.45, 7) is 7.06.